The molecule has 0 bridgehead atoms. The van der Waals surface area contributed by atoms with Gasteiger partial charge in [-0.3, -0.25) is 13.9 Å². The number of hydrogen-bond donors (Lipinski definition) is 1. The van der Waals surface area contributed by atoms with Crippen LogP contribution >= 0.6 is 0 Å². The molecule has 5 rings (SSSR count). The van der Waals surface area contributed by atoms with Crippen LogP contribution in [0.3, 0.4) is 0 Å². The van der Waals surface area contributed by atoms with Gasteiger partial charge < -0.3 is 15.0 Å². The van der Waals surface area contributed by atoms with Crippen LogP contribution in [0.5, 0.6) is 5.75 Å². The minimum absolute atomic E-state index is 0.0433. The molecule has 0 aliphatic heterocycles. The second-order valence-corrected chi connectivity index (χ2v) is 13.6. The van der Waals surface area contributed by atoms with E-state index in [0.29, 0.717) is 11.4 Å². The van der Waals surface area contributed by atoms with E-state index in [4.69, 9.17) is 4.74 Å². The van der Waals surface area contributed by atoms with Gasteiger partial charge >= 0.3 is 0 Å². The van der Waals surface area contributed by atoms with Crippen molar-refractivity contribution in [2.24, 2.45) is 0 Å². The number of rotatable bonds is 13. The molecule has 0 unspecified atom stereocenters. The number of sulfonamides is 1. The molecule has 2 amide bonds. The number of aryl methyl sites for hydroxylation is 1. The minimum Gasteiger partial charge on any atom is -0.497 e. The normalized spacial score (nSPS) is 14.0. The van der Waals surface area contributed by atoms with Gasteiger partial charge in [-0.05, 0) is 72.9 Å². The maximum Gasteiger partial charge on any atom is 0.264 e. The summed E-state index contributed by atoms with van der Waals surface area (Å²) in [6.45, 7) is 1.46. The highest BCUT2D eigenvalue weighted by Crippen LogP contribution is 2.26. The molecule has 1 atom stereocenters. The van der Waals surface area contributed by atoms with E-state index in [-0.39, 0.29) is 29.8 Å². The fourth-order valence-electron chi connectivity index (χ4n) is 5.92. The molecule has 9 heteroatoms. The lowest BCUT2D eigenvalue weighted by Crippen LogP contribution is -2.54. The van der Waals surface area contributed by atoms with Crippen molar-refractivity contribution in [3.8, 4) is 5.75 Å². The van der Waals surface area contributed by atoms with Crippen LogP contribution in [0.4, 0.5) is 5.69 Å². The van der Waals surface area contributed by atoms with Gasteiger partial charge in [-0.2, -0.15) is 0 Å². The highest BCUT2D eigenvalue weighted by Gasteiger charge is 2.35. The van der Waals surface area contributed by atoms with Gasteiger partial charge in [-0.15, -0.1) is 0 Å². The fraction of sp³-hybridized carbons (Fsp3) is 0.297. The Bertz CT molecular complexity index is 1720. The number of carbonyl (C=O) groups is 2. The number of anilines is 1. The van der Waals surface area contributed by atoms with Gasteiger partial charge in [0.2, 0.25) is 11.8 Å². The van der Waals surface area contributed by atoms with Gasteiger partial charge in [0.25, 0.3) is 10.0 Å². The molecule has 46 heavy (non-hydrogen) atoms. The lowest BCUT2D eigenvalue weighted by molar-refractivity contribution is -0.140. The molecule has 0 heterocycles. The van der Waals surface area contributed by atoms with Crippen molar-refractivity contribution in [3.63, 3.8) is 0 Å². The molecule has 0 spiro atoms. The monoisotopic (exact) mass is 639 g/mol. The van der Waals surface area contributed by atoms with E-state index < -0.39 is 28.5 Å². The van der Waals surface area contributed by atoms with Crippen molar-refractivity contribution in [3.05, 3.63) is 126 Å². The van der Waals surface area contributed by atoms with E-state index >= 15 is 0 Å². The van der Waals surface area contributed by atoms with E-state index in [1.165, 1.54) is 17.0 Å². The van der Waals surface area contributed by atoms with Crippen LogP contribution < -0.4 is 14.4 Å². The molecule has 1 N–H and O–H groups in total. The first kappa shape index (κ1) is 32.8. The third-order valence-electron chi connectivity index (χ3n) is 8.36. The molecule has 1 saturated carbocycles. The first-order chi connectivity index (χ1) is 22.2. The number of carbonyl (C=O) groups excluding carboxylic acids is 2. The van der Waals surface area contributed by atoms with Crippen LogP contribution in [0.25, 0.3) is 0 Å². The molecular formula is C37H41N3O5S. The smallest absolute Gasteiger partial charge is 0.264 e. The molecule has 4 aromatic rings. The number of hydrogen-bond acceptors (Lipinski definition) is 5. The largest absolute Gasteiger partial charge is 0.497 e. The van der Waals surface area contributed by atoms with E-state index in [2.05, 4.69) is 5.32 Å². The first-order valence-corrected chi connectivity index (χ1v) is 17.1. The van der Waals surface area contributed by atoms with Crippen LogP contribution in [-0.2, 0) is 32.6 Å². The average Bonchev–Trinajstić information content (AvgIpc) is 3.59. The van der Waals surface area contributed by atoms with Crippen molar-refractivity contribution < 1.29 is 22.7 Å². The average molecular weight is 640 g/mol. The summed E-state index contributed by atoms with van der Waals surface area (Å²) in [6.07, 6.45) is 4.15. The molecule has 0 aromatic heterocycles. The third kappa shape index (κ3) is 8.14. The molecule has 240 valence electrons. The second-order valence-electron chi connectivity index (χ2n) is 11.7. The standard InChI is InChI=1S/C37H41N3O5S/c1-28-13-11-19-32(23-28)40(46(43,44)34-21-7-4-8-22-34)27-36(41)39(26-30-16-12-20-33(24-30)45-2)35(25-29-14-5-3-6-15-29)37(42)38-31-17-9-10-18-31/h3-8,11-16,19-24,31,35H,9-10,17-18,25-27H2,1-2H3,(H,38,42)/t35-/m0/s1. The zero-order valence-corrected chi connectivity index (χ0v) is 27.2. The SMILES string of the molecule is COc1cccc(CN(C(=O)CN(c2cccc(C)c2)S(=O)(=O)c2ccccc2)[C@@H](Cc2ccccc2)C(=O)NC2CCCC2)c1. The Morgan fingerprint density at radius 1 is 0.848 bits per heavy atom. The molecule has 1 aliphatic rings. The Hall–Kier alpha value is -4.63. The van der Waals surface area contributed by atoms with Crippen molar-refractivity contribution in [2.45, 2.75) is 62.6 Å². The van der Waals surface area contributed by atoms with Crippen LogP contribution in [0.1, 0.15) is 42.4 Å². The summed E-state index contributed by atoms with van der Waals surface area (Å²) in [7, 11) is -2.57. The number of nitrogens with one attached hydrogen (secondary N) is 1. The van der Waals surface area contributed by atoms with Crippen LogP contribution in [0.2, 0.25) is 0 Å². The van der Waals surface area contributed by atoms with Crippen LogP contribution in [0.15, 0.2) is 114 Å². The molecule has 0 saturated heterocycles. The summed E-state index contributed by atoms with van der Waals surface area (Å²) in [5.41, 5.74) is 2.87. The zero-order chi connectivity index (χ0) is 32.5. The summed E-state index contributed by atoms with van der Waals surface area (Å²) in [6, 6.07) is 31.2. The Balaban J connectivity index is 1.57. The number of methoxy groups -OCH3 is 1. The Morgan fingerprint density at radius 2 is 1.50 bits per heavy atom. The molecule has 1 aliphatic carbocycles. The summed E-state index contributed by atoms with van der Waals surface area (Å²) < 4.78 is 34.8. The van der Waals surface area contributed by atoms with E-state index in [9.17, 15) is 18.0 Å². The molecule has 1 fully saturated rings. The van der Waals surface area contributed by atoms with Gasteiger partial charge in [0.05, 0.1) is 17.7 Å². The number of nitrogens with zero attached hydrogens (tertiary/aromatic N) is 2. The number of benzene rings is 4. The van der Waals surface area contributed by atoms with E-state index in [1.54, 1.807) is 43.5 Å². The van der Waals surface area contributed by atoms with Crippen LogP contribution in [0, 0.1) is 6.92 Å². The van der Waals surface area contributed by atoms with Gasteiger partial charge in [0.1, 0.15) is 18.3 Å². The fourth-order valence-corrected chi connectivity index (χ4v) is 7.35. The van der Waals surface area contributed by atoms with Crippen molar-refractivity contribution >= 4 is 27.5 Å². The van der Waals surface area contributed by atoms with Crippen molar-refractivity contribution in [1.29, 1.82) is 0 Å². The minimum atomic E-state index is -4.14. The van der Waals surface area contributed by atoms with Crippen molar-refractivity contribution in [2.75, 3.05) is 18.0 Å². The topological polar surface area (TPSA) is 96.0 Å². The zero-order valence-electron chi connectivity index (χ0n) is 26.3. The number of amides is 2. The number of ether oxygens (including phenoxy) is 1. The van der Waals surface area contributed by atoms with Crippen molar-refractivity contribution in [1.82, 2.24) is 10.2 Å². The van der Waals surface area contributed by atoms with Gasteiger partial charge in [-0.25, -0.2) is 8.42 Å². The maximum atomic E-state index is 14.6. The Morgan fingerprint density at radius 3 is 2.17 bits per heavy atom. The summed E-state index contributed by atoms with van der Waals surface area (Å²) in [5.74, 6) is -0.126. The maximum absolute atomic E-state index is 14.6. The van der Waals surface area contributed by atoms with Gasteiger partial charge in [0, 0.05) is 19.0 Å². The lowest BCUT2D eigenvalue weighted by atomic mass is 10.0. The van der Waals surface area contributed by atoms with E-state index in [0.717, 1.165) is 46.7 Å². The Labute approximate surface area is 272 Å². The quantitative estimate of drug-likeness (QED) is 0.197. The third-order valence-corrected chi connectivity index (χ3v) is 10.1. The predicted molar refractivity (Wildman–Crippen MR) is 180 cm³/mol. The molecular weight excluding hydrogens is 598 g/mol. The lowest BCUT2D eigenvalue weighted by Gasteiger charge is -2.34. The van der Waals surface area contributed by atoms with Gasteiger partial charge in [-0.1, -0.05) is 85.6 Å². The highest BCUT2D eigenvalue weighted by atomic mass is 32.2. The molecule has 8 nitrogen and oxygen atoms in total. The summed E-state index contributed by atoms with van der Waals surface area (Å²) in [5, 5.41) is 3.20. The second kappa shape index (κ2) is 15.1. The summed E-state index contributed by atoms with van der Waals surface area (Å²) in [4.78, 5) is 30.3. The predicted octanol–water partition coefficient (Wildman–Crippen LogP) is 5.90. The highest BCUT2D eigenvalue weighted by molar-refractivity contribution is 7.92. The Kier molecular flexibility index (Phi) is 10.8. The summed E-state index contributed by atoms with van der Waals surface area (Å²) >= 11 is 0. The molecule has 0 radical (unpaired) electrons. The first-order valence-electron chi connectivity index (χ1n) is 15.7. The van der Waals surface area contributed by atoms with Gasteiger partial charge in [0.15, 0.2) is 0 Å². The van der Waals surface area contributed by atoms with Crippen LogP contribution in [-0.4, -0.2) is 50.9 Å². The molecule has 4 aromatic carbocycles. The van der Waals surface area contributed by atoms with E-state index in [1.807, 2.05) is 67.6 Å².